The van der Waals surface area contributed by atoms with E-state index in [0.717, 1.165) is 74.5 Å². The third-order valence-corrected chi connectivity index (χ3v) is 27.0. The van der Waals surface area contributed by atoms with Gasteiger partial charge in [0.05, 0.1) is 229 Å². The van der Waals surface area contributed by atoms with E-state index in [1.807, 2.05) is 45.7 Å². The Kier molecular flexibility index (Phi) is 31.4. The van der Waals surface area contributed by atoms with Crippen molar-refractivity contribution < 1.29 is 100 Å². The van der Waals surface area contributed by atoms with Crippen LogP contribution in [0.4, 0.5) is 46.0 Å². The molecular weight excluding hydrogens is 1960 g/mol. The quantitative estimate of drug-likeness (QED) is 0.0633. The Morgan fingerprint density at radius 2 is 0.834 bits per heavy atom. The average molecular weight is 2080 g/mol. The second-order valence-corrected chi connectivity index (χ2v) is 41.5. The molecule has 3 saturated heterocycles. The van der Waals surface area contributed by atoms with Gasteiger partial charge in [0, 0.05) is 82.7 Å². The number of pyridine rings is 7. The van der Waals surface area contributed by atoms with Gasteiger partial charge in [-0.2, -0.15) is 40.2 Å². The average Bonchev–Trinajstić information content (AvgIpc) is 1.52. The summed E-state index contributed by atoms with van der Waals surface area (Å²) in [4.78, 5) is 172. The number of likely N-dealkylation sites (tertiary alicyclic amines) is 1. The van der Waals surface area contributed by atoms with Crippen LogP contribution in [0.15, 0.2) is 137 Å². The van der Waals surface area contributed by atoms with Gasteiger partial charge in [0.15, 0.2) is 28.9 Å². The number of likely N-dealkylation sites (N-methyl/N-ethyl adjacent to an activating group) is 3. The molecule has 0 bridgehead atoms. The van der Waals surface area contributed by atoms with Crippen LogP contribution in [0.2, 0.25) is 0 Å². The standard InChI is InChI=1S/C15H19N5O2.C15H21N3O4.C14H17N3O4.C12H15N3O5S.C12H17N3O4.C11H13N3O5S.C11H11N3O5S/c16-10-3-5-18(6-4-10)8-11-9-19-13(21)2-1-12-15(19)20(11)14(22)7-17-12;1-15(2)21-8-10(9-22-15)18-13(19)7-17(3)11-5-6-12(20-4)16-14(11)18;1-14(2)20-7-9(8-21-14)17-12(18)6-15-10-4-5-11(19-3)16-13(10)17;1-13-6-11(17)15-8(7-20-21(2,18)19)5-14-10(16)4-3-9(13)12(14)15;1-14-5-11(18)15(8(6-16)7-17)12-9(14)3-4-10(13-12)19-2;2*1-20(17,18)19-6-7-5-13-9(15)3-2-8-11(13)14(7)10(16)4-12-8/h1-2,7,10-11H,3-6,8-9,16H2;5-6,10H,7-9H2,1-4H3;4-6,9H,7-8H2,1-3H3;3-4,8H,5-7H2,1-2H3;3-4,8,16-17H,5-7H2,1-2H3;2-3,7,12H,4-6H2,1H3;2-4,7H,5-6H2,1H3. The van der Waals surface area contributed by atoms with Crippen LogP contribution < -0.4 is 98.5 Å². The monoisotopic (exact) mass is 2080 g/mol. The molecule has 145 heavy (non-hydrogen) atoms. The topological polar surface area (TPSA) is 599 Å². The van der Waals surface area contributed by atoms with Crippen LogP contribution in [0.3, 0.4) is 0 Å². The Hall–Kier alpha value is -13.4. The molecule has 10 aromatic heterocycles. The van der Waals surface area contributed by atoms with E-state index in [1.165, 1.54) is 89.9 Å². The number of anilines is 8. The van der Waals surface area contributed by atoms with Crippen molar-refractivity contribution in [3.63, 3.8) is 0 Å². The molecule has 55 heteroatoms. The maximum atomic E-state index is 12.5. The molecule has 4 unspecified atom stereocenters. The number of methoxy groups -OCH3 is 3. The molecule has 0 saturated carbocycles. The number of hydrogen-bond acceptors (Lipinski definition) is 41. The fourth-order valence-electron chi connectivity index (χ4n) is 18.3. The largest absolute Gasteiger partial charge is 0.481 e. The minimum absolute atomic E-state index is 0.0116. The molecule has 0 aromatic carbocycles. The molecule has 4 amide bonds. The maximum Gasteiger partial charge on any atom is 0.271 e. The van der Waals surface area contributed by atoms with Gasteiger partial charge in [-0.05, 0) is 96.1 Å². The molecule has 21 rings (SSSR count). The Morgan fingerprint density at radius 3 is 1.35 bits per heavy atom. The first-order chi connectivity index (χ1) is 68.7. The molecule has 4 atom stereocenters. The molecule has 5 N–H and O–H groups in total. The highest BCUT2D eigenvalue weighted by atomic mass is 32.2. The first kappa shape index (κ1) is 106. The normalized spacial score (nSPS) is 19.7. The van der Waals surface area contributed by atoms with Crippen molar-refractivity contribution in [3.8, 4) is 17.6 Å². The van der Waals surface area contributed by atoms with Gasteiger partial charge in [-0.3, -0.25) is 117 Å². The number of ether oxygens (including phenoxy) is 7. The van der Waals surface area contributed by atoms with E-state index in [9.17, 15) is 88.2 Å². The van der Waals surface area contributed by atoms with E-state index in [0.29, 0.717) is 120 Å². The molecule has 11 aliphatic heterocycles. The van der Waals surface area contributed by atoms with Gasteiger partial charge in [-0.1, -0.05) is 0 Å². The molecule has 0 spiro atoms. The molecule has 780 valence electrons. The molecule has 10 aromatic rings. The highest BCUT2D eigenvalue weighted by Gasteiger charge is 2.45. The van der Waals surface area contributed by atoms with Crippen LogP contribution in [0.25, 0.3) is 33.5 Å². The summed E-state index contributed by atoms with van der Waals surface area (Å²) in [5.41, 5.74) is 10.9. The fourth-order valence-corrected chi connectivity index (χ4v) is 19.5. The van der Waals surface area contributed by atoms with Gasteiger partial charge in [0.25, 0.3) is 69.3 Å². The Labute approximate surface area is 828 Å². The summed E-state index contributed by atoms with van der Waals surface area (Å²) >= 11 is 0. The van der Waals surface area contributed by atoms with Crippen LogP contribution in [0.1, 0.15) is 58.7 Å². The van der Waals surface area contributed by atoms with Crippen LogP contribution in [-0.4, -0.2) is 334 Å². The van der Waals surface area contributed by atoms with Crippen molar-refractivity contribution >= 4 is 133 Å². The zero-order valence-electron chi connectivity index (χ0n) is 81.6. The van der Waals surface area contributed by atoms with Gasteiger partial charge < -0.3 is 74.0 Å². The van der Waals surface area contributed by atoms with Crippen LogP contribution in [-0.2, 0) is 107 Å². The lowest BCUT2D eigenvalue weighted by molar-refractivity contribution is -0.258. The Balaban J connectivity index is 0.000000127. The number of nitrogens with two attached hydrogens (primary N) is 1. The molecular formula is C90H113N23O29S3. The lowest BCUT2D eigenvalue weighted by Crippen LogP contribution is -2.56. The van der Waals surface area contributed by atoms with Crippen molar-refractivity contribution in [2.45, 2.75) is 127 Å². The van der Waals surface area contributed by atoms with Gasteiger partial charge in [0.1, 0.15) is 39.5 Å². The third kappa shape index (κ3) is 23.4. The van der Waals surface area contributed by atoms with Gasteiger partial charge in [-0.25, -0.2) is 15.0 Å². The number of nitrogens with zero attached hydrogens (tertiary/aromatic N) is 21. The van der Waals surface area contributed by atoms with E-state index in [2.05, 4.69) is 40.1 Å². The number of fused-ring (bicyclic) bond motifs is 3. The summed E-state index contributed by atoms with van der Waals surface area (Å²) in [7, 11) is -0.785. The predicted octanol–water partition coefficient (Wildman–Crippen LogP) is -2.05. The smallest absolute Gasteiger partial charge is 0.271 e. The molecule has 52 nitrogen and oxygen atoms in total. The molecule has 11 aliphatic rings. The first-order valence-electron chi connectivity index (χ1n) is 45.8. The van der Waals surface area contributed by atoms with Crippen molar-refractivity contribution in [2.75, 3.05) is 206 Å². The Morgan fingerprint density at radius 1 is 0.441 bits per heavy atom. The number of aliphatic hydroxyl groups excluding tert-OH is 2. The third-order valence-electron chi connectivity index (χ3n) is 25.3. The van der Waals surface area contributed by atoms with Gasteiger partial charge >= 0.3 is 0 Å². The summed E-state index contributed by atoms with van der Waals surface area (Å²) in [5.74, 6) is 1.40. The predicted molar refractivity (Wildman–Crippen MR) is 527 cm³/mol. The highest BCUT2D eigenvalue weighted by molar-refractivity contribution is 7.86. The Bertz CT molecular complexity index is 7440. The second-order valence-electron chi connectivity index (χ2n) is 36.5. The second kappa shape index (κ2) is 43.1. The fraction of sp³-hybridized carbons (Fsp3) is 0.500. The summed E-state index contributed by atoms with van der Waals surface area (Å²) in [6.45, 7) is 12.5. The van der Waals surface area contributed by atoms with Crippen LogP contribution in [0, 0.1) is 0 Å². The number of aromatic nitrogens is 13. The number of amides is 4. The summed E-state index contributed by atoms with van der Waals surface area (Å²) in [6.07, 6.45) is 8.60. The lowest BCUT2D eigenvalue weighted by Gasteiger charge is -2.43. The number of carbonyl (C=O) groups is 4. The molecule has 0 radical (unpaired) electrons. The van der Waals surface area contributed by atoms with Gasteiger partial charge in [-0.15, -0.1) is 0 Å². The number of carbonyl (C=O) groups excluding carboxylic acids is 4. The van der Waals surface area contributed by atoms with Crippen molar-refractivity contribution in [1.29, 1.82) is 0 Å². The highest BCUT2D eigenvalue weighted by Crippen LogP contribution is 2.41. The minimum Gasteiger partial charge on any atom is -0.481 e. The van der Waals surface area contributed by atoms with Gasteiger partial charge in [0.2, 0.25) is 41.3 Å². The number of rotatable bonds is 19. The zero-order chi connectivity index (χ0) is 105. The lowest BCUT2D eigenvalue weighted by atomic mass is 10.1. The number of piperidine rings is 1. The van der Waals surface area contributed by atoms with Crippen LogP contribution in [0.5, 0.6) is 17.6 Å². The zero-order valence-corrected chi connectivity index (χ0v) is 84.1. The van der Waals surface area contributed by atoms with Crippen LogP contribution >= 0.6 is 0 Å². The molecule has 0 aliphatic carbocycles. The van der Waals surface area contributed by atoms with Crippen molar-refractivity contribution in [1.82, 2.24) is 66.8 Å². The van der Waals surface area contributed by atoms with Crippen molar-refractivity contribution in [2.24, 2.45) is 5.73 Å². The van der Waals surface area contributed by atoms with Crippen molar-refractivity contribution in [3.05, 3.63) is 176 Å². The van der Waals surface area contributed by atoms with E-state index in [-0.39, 0.29) is 153 Å². The summed E-state index contributed by atoms with van der Waals surface area (Å²) < 4.78 is 130. The summed E-state index contributed by atoms with van der Waals surface area (Å²) in [5, 5.41) is 21.5. The SMILES string of the molecule is CN1CC(=O)N2c3c1ccc(=O)n3CC2COS(C)(=O)=O.COc1ccc2c(n1)N(C(CO)CO)C(=O)CN2C.COc1ccc2c(n1)N(C1COC(C)(C)OC1)C(=O)CN2C.COc1ccc2ncc(=O)n(C3COC(C)(C)OC3)c2n1.CS(=O)(=O)OCC1Cn2c(=O)ccc3ncc(=O)n1c32.CS(=O)(=O)OCC1Cn2c3c(ccc2=O)NCC(=O)N31.NC1CCN(CC2Cn3c(=O)ccc4ncc(=O)n2c43)CC1. The van der Waals surface area contributed by atoms with E-state index in [1.54, 1.807) is 98.1 Å². The molecule has 3 fully saturated rings. The minimum atomic E-state index is -3.61. The number of aliphatic hydroxyl groups is 2. The van der Waals surface area contributed by atoms with E-state index >= 15 is 0 Å². The maximum absolute atomic E-state index is 12.5. The number of nitrogens with one attached hydrogen (secondary N) is 1. The van der Waals surface area contributed by atoms with E-state index in [4.69, 9.17) is 51.4 Å². The number of hydrogen-bond donors (Lipinski definition) is 4. The first-order valence-corrected chi connectivity index (χ1v) is 51.3. The molecule has 21 heterocycles. The summed E-state index contributed by atoms with van der Waals surface area (Å²) in [6, 6.07) is 20.6. The van der Waals surface area contributed by atoms with E-state index < -0.39 is 71.7 Å².